The summed E-state index contributed by atoms with van der Waals surface area (Å²) in [5.74, 6) is 0. The van der Waals surface area contributed by atoms with E-state index in [1.165, 1.54) is 195 Å². The van der Waals surface area contributed by atoms with Crippen LogP contribution in [0.3, 0.4) is 0 Å². The van der Waals surface area contributed by atoms with E-state index < -0.39 is 48.4 Å². The predicted octanol–water partition coefficient (Wildman–Crippen LogP) is 20.8. The maximum absolute atomic E-state index is 3.35. The van der Waals surface area contributed by atoms with Gasteiger partial charge in [0.2, 0.25) is 0 Å². The third-order valence-electron chi connectivity index (χ3n) is 20.3. The van der Waals surface area contributed by atoms with Crippen molar-refractivity contribution >= 4 is 90.4 Å². The SMILES string of the molecule is CCCC[Si](CCCC)(CCCC)c1cccc(P(c2cccc([Si](CCCC)(CCCC)CCCC)c2)N(C2CCc3ccccc3C2)P(c2ccc([Si](CCC)(CCC)CCC)cc2)c2ccc([Si](CCC)(CCC)CCC)cc2)c1. The van der Waals surface area contributed by atoms with Gasteiger partial charge < -0.3 is 0 Å². The Kier molecular flexibility index (Phi) is 30.6. The summed E-state index contributed by atoms with van der Waals surface area (Å²) in [5, 5.41) is 13.5. The Balaban J connectivity index is 1.78. The number of unbranched alkanes of at least 4 members (excludes halogenated alkanes) is 6. The Morgan fingerprint density at radius 2 is 0.627 bits per heavy atom. The van der Waals surface area contributed by atoms with Crippen LogP contribution in [0.25, 0.3) is 0 Å². The molecule has 0 aromatic heterocycles. The Morgan fingerprint density at radius 3 is 0.952 bits per heavy atom. The van der Waals surface area contributed by atoms with Crippen LogP contribution < -0.4 is 42.0 Å². The first-order chi connectivity index (χ1) is 40.5. The van der Waals surface area contributed by atoms with Gasteiger partial charge in [-0.05, 0) is 51.6 Å². The zero-order chi connectivity index (χ0) is 59.6. The largest absolute Gasteiger partial charge is 0.241 e. The average molecular weight is 1230 g/mol. The Hall–Kier alpha value is -2.21. The highest BCUT2D eigenvalue weighted by atomic mass is 31.2. The second-order valence-electron chi connectivity index (χ2n) is 26.5. The molecule has 1 nitrogen and oxygen atoms in total. The van der Waals surface area contributed by atoms with E-state index in [2.05, 4.69) is 209 Å². The topological polar surface area (TPSA) is 3.24 Å². The third kappa shape index (κ3) is 18.0. The lowest BCUT2D eigenvalue weighted by Gasteiger charge is -2.46. The maximum atomic E-state index is 3.35. The van der Waals surface area contributed by atoms with E-state index in [1.54, 1.807) is 53.1 Å². The molecule has 5 aromatic carbocycles. The number of benzene rings is 5. The van der Waals surface area contributed by atoms with Crippen molar-refractivity contribution < 1.29 is 0 Å². The molecule has 0 N–H and O–H groups in total. The fourth-order valence-electron chi connectivity index (χ4n) is 16.1. The molecule has 0 aliphatic heterocycles. The van der Waals surface area contributed by atoms with Gasteiger partial charge in [-0.15, -0.1) is 0 Å². The molecule has 1 atom stereocenters. The van der Waals surface area contributed by atoms with Crippen molar-refractivity contribution in [2.75, 3.05) is 0 Å². The number of hydrogen-bond acceptors (Lipinski definition) is 1. The van der Waals surface area contributed by atoms with Gasteiger partial charge in [0.1, 0.15) is 0 Å². The Morgan fingerprint density at radius 1 is 0.313 bits per heavy atom. The van der Waals surface area contributed by atoms with Gasteiger partial charge in [-0.1, -0.05) is 413 Å². The highest BCUT2D eigenvalue weighted by Crippen LogP contribution is 2.58. The molecular formula is C76H123NP2Si4. The summed E-state index contributed by atoms with van der Waals surface area (Å²) in [4.78, 5) is 0. The zero-order valence-corrected chi connectivity index (χ0v) is 61.6. The quantitative estimate of drug-likeness (QED) is 0.0278. The van der Waals surface area contributed by atoms with Gasteiger partial charge in [0.15, 0.2) is 0 Å². The van der Waals surface area contributed by atoms with Crippen molar-refractivity contribution in [2.24, 2.45) is 0 Å². The number of hydrogen-bond donors (Lipinski definition) is 0. The van der Waals surface area contributed by atoms with Gasteiger partial charge in [0.25, 0.3) is 0 Å². The summed E-state index contributed by atoms with van der Waals surface area (Å²) >= 11 is 0. The summed E-state index contributed by atoms with van der Waals surface area (Å²) in [6.07, 6.45) is 27.2. The van der Waals surface area contributed by atoms with Crippen LogP contribution in [-0.2, 0) is 12.8 Å². The second-order valence-corrected chi connectivity index (χ2v) is 49.6. The minimum atomic E-state index is -1.85. The molecule has 83 heavy (non-hydrogen) atoms. The second kappa shape index (κ2) is 36.3. The summed E-state index contributed by atoms with van der Waals surface area (Å²) in [5.41, 5.74) is 3.17. The molecule has 1 aliphatic rings. The standard InChI is InChI=1S/C76H123NP2Si4/c1-13-25-57-82(58-26-14-2,59-27-15-3)75-39-33-37-71(64-75)79(72-38-34-40-76(65-72)83(60-28-16-4,61-29-17-5)62-30-18-6)77(68-42-41-66-35-31-32-36-67(66)63-68)78(69-43-47-73(48-44-69)80(51-19-7,52-20-8)53-21-9)70-45-49-74(50-46-70)81(54-22-10,55-23-11)56-24-12/h31-40,43-50,64-65,68H,13-30,41-42,51-63H2,1-12H3. The van der Waals surface area contributed by atoms with Crippen LogP contribution in [-0.4, -0.2) is 42.8 Å². The van der Waals surface area contributed by atoms with Crippen LogP contribution in [0.15, 0.2) is 121 Å². The number of nitrogens with zero attached hydrogens (tertiary/aromatic N) is 1. The summed E-state index contributed by atoms with van der Waals surface area (Å²) in [6.45, 7) is 29.5. The minimum Gasteiger partial charge on any atom is -0.241 e. The summed E-state index contributed by atoms with van der Waals surface area (Å²) in [6, 6.07) is 70.8. The molecule has 0 amide bonds. The first-order valence-corrected chi connectivity index (χ1v) is 48.5. The first kappa shape index (κ1) is 69.9. The first-order valence-electron chi connectivity index (χ1n) is 35.4. The average Bonchev–Trinajstić information content (AvgIpc) is 2.81. The molecule has 0 bridgehead atoms. The molecule has 1 aliphatic carbocycles. The smallest absolute Gasteiger partial charge is 0.0867 e. The van der Waals surface area contributed by atoms with Gasteiger partial charge in [0.05, 0.1) is 32.3 Å². The molecule has 6 rings (SSSR count). The molecule has 5 aromatic rings. The molecule has 0 heterocycles. The third-order valence-corrected chi connectivity index (χ3v) is 48.8. The van der Waals surface area contributed by atoms with E-state index in [4.69, 9.17) is 0 Å². The number of aryl methyl sites for hydroxylation is 1. The van der Waals surface area contributed by atoms with E-state index in [-0.39, 0.29) is 0 Å². The van der Waals surface area contributed by atoms with Gasteiger partial charge in [-0.25, -0.2) is 4.44 Å². The van der Waals surface area contributed by atoms with Crippen LogP contribution >= 0.6 is 16.1 Å². The lowest BCUT2D eigenvalue weighted by Crippen LogP contribution is -2.50. The zero-order valence-electron chi connectivity index (χ0n) is 55.8. The van der Waals surface area contributed by atoms with Crippen molar-refractivity contribution in [3.05, 3.63) is 132 Å². The monoisotopic (exact) mass is 1220 g/mol. The molecule has 0 spiro atoms. The minimum absolute atomic E-state index is 0.404. The normalized spacial score (nSPS) is 14.3. The van der Waals surface area contributed by atoms with Crippen LogP contribution in [0, 0.1) is 0 Å². The van der Waals surface area contributed by atoms with Gasteiger partial charge >= 0.3 is 0 Å². The van der Waals surface area contributed by atoms with Gasteiger partial charge in [-0.2, -0.15) is 0 Å². The molecule has 0 radical (unpaired) electrons. The fourth-order valence-corrected chi connectivity index (χ4v) is 44.7. The lowest BCUT2D eigenvalue weighted by molar-refractivity contribution is 0.440. The van der Waals surface area contributed by atoms with E-state index in [9.17, 15) is 0 Å². The van der Waals surface area contributed by atoms with Crippen molar-refractivity contribution in [1.82, 2.24) is 4.44 Å². The number of fused-ring (bicyclic) bond motifs is 1. The van der Waals surface area contributed by atoms with E-state index in [0.717, 1.165) is 12.8 Å². The molecule has 0 saturated heterocycles. The van der Waals surface area contributed by atoms with Crippen LogP contribution in [0.2, 0.25) is 72.5 Å². The molecule has 7 heteroatoms. The van der Waals surface area contributed by atoms with E-state index >= 15 is 0 Å². The van der Waals surface area contributed by atoms with Gasteiger partial charge in [-0.3, -0.25) is 0 Å². The predicted molar refractivity (Wildman–Crippen MR) is 393 cm³/mol. The van der Waals surface area contributed by atoms with Crippen molar-refractivity contribution in [1.29, 1.82) is 0 Å². The molecular weight excluding hydrogens is 1100 g/mol. The van der Waals surface area contributed by atoms with Crippen molar-refractivity contribution in [3.63, 3.8) is 0 Å². The van der Waals surface area contributed by atoms with Crippen LogP contribution in [0.5, 0.6) is 0 Å². The summed E-state index contributed by atoms with van der Waals surface area (Å²) < 4.78 is 3.35. The van der Waals surface area contributed by atoms with E-state index in [1.807, 2.05) is 0 Å². The van der Waals surface area contributed by atoms with Crippen LogP contribution in [0.1, 0.15) is 216 Å². The van der Waals surface area contributed by atoms with E-state index in [0.29, 0.717) is 6.04 Å². The molecule has 0 saturated carbocycles. The maximum Gasteiger partial charge on any atom is 0.0867 e. The summed E-state index contributed by atoms with van der Waals surface area (Å²) in [7, 11) is -9.04. The number of rotatable bonds is 41. The highest BCUT2D eigenvalue weighted by molar-refractivity contribution is 7.84. The molecule has 458 valence electrons. The van der Waals surface area contributed by atoms with Crippen molar-refractivity contribution in [3.8, 4) is 0 Å². The molecule has 0 fully saturated rings. The van der Waals surface area contributed by atoms with Crippen LogP contribution in [0.4, 0.5) is 0 Å². The van der Waals surface area contributed by atoms with Crippen molar-refractivity contribution in [2.45, 2.75) is 296 Å². The Bertz CT molecular complexity index is 2360. The highest BCUT2D eigenvalue weighted by Gasteiger charge is 2.43. The Labute approximate surface area is 520 Å². The van der Waals surface area contributed by atoms with Gasteiger partial charge in [0, 0.05) is 22.2 Å². The lowest BCUT2D eigenvalue weighted by atomic mass is 9.89. The molecule has 1 unspecified atom stereocenters. The fraction of sp³-hybridized carbons (Fsp3) is 0.605.